The predicted molar refractivity (Wildman–Crippen MR) is 136 cm³/mol. The fourth-order valence-electron chi connectivity index (χ4n) is 4.26. The number of hydrogen-bond acceptors (Lipinski definition) is 4. The van der Waals surface area contributed by atoms with Gasteiger partial charge in [-0.25, -0.2) is 0 Å². The van der Waals surface area contributed by atoms with E-state index in [0.717, 1.165) is 53.1 Å². The van der Waals surface area contributed by atoms with Crippen molar-refractivity contribution < 1.29 is 4.42 Å². The maximum Gasteiger partial charge on any atom is 0.170 e. The lowest BCUT2D eigenvalue weighted by Gasteiger charge is -2.26. The minimum atomic E-state index is -0.0736. The Labute approximate surface area is 199 Å². The van der Waals surface area contributed by atoms with Crippen molar-refractivity contribution in [2.45, 2.75) is 18.5 Å². The van der Waals surface area contributed by atoms with Gasteiger partial charge in [0.1, 0.15) is 17.6 Å². The first-order valence-electron chi connectivity index (χ1n) is 11.2. The van der Waals surface area contributed by atoms with Crippen LogP contribution in [0.15, 0.2) is 102 Å². The Morgan fingerprint density at radius 3 is 2.42 bits per heavy atom. The van der Waals surface area contributed by atoms with Gasteiger partial charge in [-0.2, -0.15) is 0 Å². The number of hydrogen-bond donors (Lipinski definition) is 2. The fourth-order valence-corrected chi connectivity index (χ4v) is 4.59. The van der Waals surface area contributed by atoms with Crippen molar-refractivity contribution in [3.05, 3.63) is 109 Å². The van der Waals surface area contributed by atoms with Gasteiger partial charge in [0.05, 0.1) is 11.7 Å². The third-order valence-corrected chi connectivity index (χ3v) is 6.21. The standard InChI is InChI=1S/C27H26N4OS/c33-27-30-25(22-14-7-8-17-29-22)26(24-16-15-23(32-24)20-10-3-1-4-11-20)31(27)19-9-18-28-21-12-5-2-6-13-21/h1-8,10-17,25-26,28H,9,18-19H2,(H,30,33)/t25-,26-/m1/s1. The van der Waals surface area contributed by atoms with Crippen LogP contribution < -0.4 is 10.6 Å². The van der Waals surface area contributed by atoms with Crippen LogP contribution in [0.2, 0.25) is 0 Å². The summed E-state index contributed by atoms with van der Waals surface area (Å²) in [6, 6.07) is 30.4. The first-order chi connectivity index (χ1) is 16.3. The molecule has 0 saturated carbocycles. The zero-order chi connectivity index (χ0) is 22.5. The highest BCUT2D eigenvalue weighted by Crippen LogP contribution is 2.40. The van der Waals surface area contributed by atoms with Gasteiger partial charge in [-0.05, 0) is 55.0 Å². The molecule has 1 fully saturated rings. The molecule has 2 aromatic carbocycles. The average molecular weight is 455 g/mol. The second kappa shape index (κ2) is 9.88. The molecule has 166 valence electrons. The quantitative estimate of drug-likeness (QED) is 0.259. The molecule has 0 amide bonds. The summed E-state index contributed by atoms with van der Waals surface area (Å²) in [5.41, 5.74) is 3.14. The van der Waals surface area contributed by atoms with Crippen molar-refractivity contribution in [2.24, 2.45) is 0 Å². The van der Waals surface area contributed by atoms with Crippen molar-refractivity contribution in [1.29, 1.82) is 0 Å². The van der Waals surface area contributed by atoms with Crippen LogP contribution in [0, 0.1) is 0 Å². The van der Waals surface area contributed by atoms with E-state index in [1.807, 2.05) is 66.9 Å². The monoisotopic (exact) mass is 454 g/mol. The van der Waals surface area contributed by atoms with Crippen LogP contribution >= 0.6 is 12.2 Å². The fraction of sp³-hybridized carbons (Fsp3) is 0.185. The molecule has 1 aliphatic heterocycles. The molecule has 5 nitrogen and oxygen atoms in total. The first kappa shape index (κ1) is 21.2. The molecule has 0 spiro atoms. The van der Waals surface area contributed by atoms with Crippen LogP contribution in [-0.2, 0) is 0 Å². The van der Waals surface area contributed by atoms with Gasteiger partial charge >= 0.3 is 0 Å². The minimum Gasteiger partial charge on any atom is -0.459 e. The second-order valence-corrected chi connectivity index (χ2v) is 8.42. The van der Waals surface area contributed by atoms with Gasteiger partial charge in [0.25, 0.3) is 0 Å². The van der Waals surface area contributed by atoms with Gasteiger partial charge < -0.3 is 20.0 Å². The topological polar surface area (TPSA) is 53.3 Å². The van der Waals surface area contributed by atoms with Gasteiger partial charge in [0.2, 0.25) is 0 Å². The van der Waals surface area contributed by atoms with Gasteiger partial charge in [0.15, 0.2) is 5.11 Å². The second-order valence-electron chi connectivity index (χ2n) is 8.03. The number of nitrogens with one attached hydrogen (secondary N) is 2. The number of aromatic nitrogens is 1. The summed E-state index contributed by atoms with van der Waals surface area (Å²) in [5, 5.41) is 7.70. The van der Waals surface area contributed by atoms with E-state index < -0.39 is 0 Å². The lowest BCUT2D eigenvalue weighted by Crippen LogP contribution is -2.31. The molecule has 33 heavy (non-hydrogen) atoms. The summed E-state index contributed by atoms with van der Waals surface area (Å²) in [4.78, 5) is 6.83. The average Bonchev–Trinajstić information content (AvgIpc) is 3.48. The first-order valence-corrected chi connectivity index (χ1v) is 11.6. The maximum absolute atomic E-state index is 6.37. The van der Waals surface area contributed by atoms with Crippen LogP contribution in [0.3, 0.4) is 0 Å². The summed E-state index contributed by atoms with van der Waals surface area (Å²) in [6.07, 6.45) is 2.76. The lowest BCUT2D eigenvalue weighted by molar-refractivity contribution is 0.274. The highest BCUT2D eigenvalue weighted by atomic mass is 32.1. The Kier molecular flexibility index (Phi) is 6.35. The van der Waals surface area contributed by atoms with E-state index in [9.17, 15) is 0 Å². The SMILES string of the molecule is S=C1N[C@H](c2ccccn2)[C@@H](c2ccc(-c3ccccc3)o2)N1CCCNc1ccccc1. The summed E-state index contributed by atoms with van der Waals surface area (Å²) >= 11 is 5.76. The summed E-state index contributed by atoms with van der Waals surface area (Å²) in [5.74, 6) is 1.74. The minimum absolute atomic E-state index is 0.0680. The normalized spacial score (nSPS) is 17.7. The number of rotatable bonds is 8. The van der Waals surface area contributed by atoms with E-state index in [1.165, 1.54) is 0 Å². The third-order valence-electron chi connectivity index (χ3n) is 5.85. The van der Waals surface area contributed by atoms with Crippen LogP contribution in [-0.4, -0.2) is 28.1 Å². The molecule has 2 atom stereocenters. The Morgan fingerprint density at radius 1 is 0.909 bits per heavy atom. The zero-order valence-electron chi connectivity index (χ0n) is 18.2. The lowest BCUT2D eigenvalue weighted by atomic mass is 10.0. The van der Waals surface area contributed by atoms with Gasteiger partial charge in [-0.15, -0.1) is 0 Å². The van der Waals surface area contributed by atoms with Gasteiger partial charge in [0, 0.05) is 30.5 Å². The van der Waals surface area contributed by atoms with Crippen LogP contribution in [0.4, 0.5) is 5.69 Å². The molecule has 1 aliphatic rings. The zero-order valence-corrected chi connectivity index (χ0v) is 19.0. The van der Waals surface area contributed by atoms with Crippen molar-refractivity contribution in [2.75, 3.05) is 18.4 Å². The molecule has 6 heteroatoms. The van der Waals surface area contributed by atoms with Gasteiger partial charge in [-0.3, -0.25) is 4.98 Å². The molecule has 0 bridgehead atoms. The Morgan fingerprint density at radius 2 is 1.67 bits per heavy atom. The molecule has 3 heterocycles. The van der Waals surface area contributed by atoms with E-state index in [0.29, 0.717) is 0 Å². The summed E-state index contributed by atoms with van der Waals surface area (Å²) < 4.78 is 6.37. The van der Waals surface area contributed by atoms with Crippen molar-refractivity contribution >= 4 is 23.0 Å². The number of nitrogens with zero attached hydrogens (tertiary/aromatic N) is 2. The number of anilines is 1. The van der Waals surface area contributed by atoms with E-state index in [4.69, 9.17) is 16.6 Å². The van der Waals surface area contributed by atoms with E-state index >= 15 is 0 Å². The molecular formula is C27H26N4OS. The number of benzene rings is 2. The molecule has 0 radical (unpaired) electrons. The van der Waals surface area contributed by atoms with Crippen LogP contribution in [0.1, 0.15) is 30.0 Å². The predicted octanol–water partition coefficient (Wildman–Crippen LogP) is 5.82. The van der Waals surface area contributed by atoms with Crippen molar-refractivity contribution in [3.8, 4) is 11.3 Å². The number of para-hydroxylation sites is 1. The van der Waals surface area contributed by atoms with Gasteiger partial charge in [-0.1, -0.05) is 54.6 Å². The van der Waals surface area contributed by atoms with Crippen LogP contribution in [0.5, 0.6) is 0 Å². The molecule has 4 aromatic rings. The van der Waals surface area contributed by atoms with Crippen molar-refractivity contribution in [1.82, 2.24) is 15.2 Å². The molecule has 0 aliphatic carbocycles. The summed E-state index contributed by atoms with van der Waals surface area (Å²) in [6.45, 7) is 1.67. The maximum atomic E-state index is 6.37. The largest absolute Gasteiger partial charge is 0.459 e. The molecular weight excluding hydrogens is 428 g/mol. The molecule has 5 rings (SSSR count). The highest BCUT2D eigenvalue weighted by Gasteiger charge is 2.41. The highest BCUT2D eigenvalue weighted by molar-refractivity contribution is 7.80. The smallest absolute Gasteiger partial charge is 0.170 e. The Balaban J connectivity index is 1.37. The number of furan rings is 1. The Bertz CT molecular complexity index is 1180. The van der Waals surface area contributed by atoms with Crippen molar-refractivity contribution in [3.63, 3.8) is 0 Å². The van der Waals surface area contributed by atoms with E-state index in [-0.39, 0.29) is 12.1 Å². The Hall–Kier alpha value is -3.64. The molecule has 2 N–H and O–H groups in total. The number of thiocarbonyl (C=S) groups is 1. The molecule has 0 unspecified atom stereocenters. The number of pyridine rings is 1. The molecule has 2 aromatic heterocycles. The third kappa shape index (κ3) is 4.76. The van der Waals surface area contributed by atoms with Crippen LogP contribution in [0.25, 0.3) is 11.3 Å². The van der Waals surface area contributed by atoms with E-state index in [1.54, 1.807) is 0 Å². The molecule has 1 saturated heterocycles. The van der Waals surface area contributed by atoms with E-state index in [2.05, 4.69) is 50.8 Å². The summed E-state index contributed by atoms with van der Waals surface area (Å²) in [7, 11) is 0.